The maximum absolute atomic E-state index is 13.9. The normalized spacial score (nSPS) is 16.5. The first-order valence-electron chi connectivity index (χ1n) is 8.45. The van der Waals surface area contributed by atoms with E-state index in [1.54, 1.807) is 12.4 Å². The van der Waals surface area contributed by atoms with Crippen molar-refractivity contribution < 1.29 is 17.5 Å². The lowest BCUT2D eigenvalue weighted by Crippen LogP contribution is -2.49. The van der Waals surface area contributed by atoms with E-state index in [0.29, 0.717) is 26.2 Å². The summed E-state index contributed by atoms with van der Waals surface area (Å²) in [5.74, 6) is -0.644. The fourth-order valence-electron chi connectivity index (χ4n) is 2.99. The fraction of sp³-hybridized carbons (Fsp3) is 0.389. The number of ether oxygens (including phenoxy) is 1. The lowest BCUT2D eigenvalue weighted by molar-refractivity contribution is 0.190. The first-order chi connectivity index (χ1) is 12.5. The molecule has 1 aromatic carbocycles. The van der Waals surface area contributed by atoms with Crippen LogP contribution < -0.4 is 4.74 Å². The highest BCUT2D eigenvalue weighted by Gasteiger charge is 2.29. The van der Waals surface area contributed by atoms with Crippen LogP contribution in [0.25, 0.3) is 0 Å². The molecule has 0 atom stereocenters. The molecule has 1 aromatic heterocycles. The standard InChI is InChI=1S/C18H22FN3O3S/c1-25-18-3-2-16(14-17(18)19)26(23,24)22-12-10-21(11-13-22)9-6-15-4-7-20-8-5-15/h2-5,7-8,14H,6,9-13H2,1H3. The molecule has 8 heteroatoms. The van der Waals surface area contributed by atoms with Gasteiger partial charge in [-0.15, -0.1) is 0 Å². The molecule has 140 valence electrons. The predicted octanol–water partition coefficient (Wildman–Crippen LogP) is 1.78. The highest BCUT2D eigenvalue weighted by molar-refractivity contribution is 7.89. The fourth-order valence-corrected chi connectivity index (χ4v) is 4.42. The summed E-state index contributed by atoms with van der Waals surface area (Å²) in [7, 11) is -2.35. The number of aromatic nitrogens is 1. The second kappa shape index (κ2) is 8.11. The van der Waals surface area contributed by atoms with Crippen molar-refractivity contribution in [1.82, 2.24) is 14.2 Å². The number of methoxy groups -OCH3 is 1. The third-order valence-electron chi connectivity index (χ3n) is 4.56. The highest BCUT2D eigenvalue weighted by Crippen LogP contribution is 2.23. The molecule has 1 fully saturated rings. The molecule has 0 spiro atoms. The van der Waals surface area contributed by atoms with Crippen LogP contribution in [0, 0.1) is 5.82 Å². The second-order valence-corrected chi connectivity index (χ2v) is 8.09. The summed E-state index contributed by atoms with van der Waals surface area (Å²) in [6.07, 6.45) is 4.45. The Morgan fingerprint density at radius 3 is 2.42 bits per heavy atom. The third-order valence-corrected chi connectivity index (χ3v) is 6.45. The number of benzene rings is 1. The van der Waals surface area contributed by atoms with E-state index < -0.39 is 15.8 Å². The van der Waals surface area contributed by atoms with Gasteiger partial charge in [0.25, 0.3) is 0 Å². The maximum atomic E-state index is 13.9. The summed E-state index contributed by atoms with van der Waals surface area (Å²) in [6, 6.07) is 7.71. The van der Waals surface area contributed by atoms with Gasteiger partial charge in [0.15, 0.2) is 11.6 Å². The molecule has 0 aliphatic carbocycles. The van der Waals surface area contributed by atoms with Gasteiger partial charge in [-0.25, -0.2) is 12.8 Å². The molecule has 0 radical (unpaired) electrons. The molecule has 2 aromatic rings. The molecular formula is C18H22FN3O3S. The zero-order valence-electron chi connectivity index (χ0n) is 14.6. The van der Waals surface area contributed by atoms with Crippen molar-refractivity contribution in [2.45, 2.75) is 11.3 Å². The Kier molecular flexibility index (Phi) is 5.85. The Labute approximate surface area is 153 Å². The lowest BCUT2D eigenvalue weighted by atomic mass is 10.2. The van der Waals surface area contributed by atoms with Gasteiger partial charge in [-0.2, -0.15) is 4.31 Å². The molecule has 1 aliphatic rings. The van der Waals surface area contributed by atoms with Crippen molar-refractivity contribution in [2.24, 2.45) is 0 Å². The summed E-state index contributed by atoms with van der Waals surface area (Å²) >= 11 is 0. The Morgan fingerprint density at radius 2 is 1.81 bits per heavy atom. The molecule has 1 saturated heterocycles. The van der Waals surface area contributed by atoms with E-state index >= 15 is 0 Å². The Hall–Kier alpha value is -2.03. The number of pyridine rings is 1. The Morgan fingerprint density at radius 1 is 1.12 bits per heavy atom. The van der Waals surface area contributed by atoms with Crippen molar-refractivity contribution in [3.05, 3.63) is 54.1 Å². The minimum absolute atomic E-state index is 0.0323. The monoisotopic (exact) mass is 379 g/mol. The summed E-state index contributed by atoms with van der Waals surface area (Å²) < 4.78 is 45.5. The van der Waals surface area contributed by atoms with Crippen molar-refractivity contribution >= 4 is 10.0 Å². The number of hydrogen-bond donors (Lipinski definition) is 0. The SMILES string of the molecule is COc1ccc(S(=O)(=O)N2CCN(CCc3ccncc3)CC2)cc1F. The number of nitrogens with zero attached hydrogens (tertiary/aromatic N) is 3. The van der Waals surface area contributed by atoms with E-state index in [0.717, 1.165) is 19.0 Å². The number of piperazine rings is 1. The zero-order valence-corrected chi connectivity index (χ0v) is 15.5. The van der Waals surface area contributed by atoms with Gasteiger partial charge in [0.2, 0.25) is 10.0 Å². The van der Waals surface area contributed by atoms with Gasteiger partial charge >= 0.3 is 0 Å². The molecule has 26 heavy (non-hydrogen) atoms. The van der Waals surface area contributed by atoms with Gasteiger partial charge in [-0.05, 0) is 42.3 Å². The van der Waals surface area contributed by atoms with E-state index in [4.69, 9.17) is 4.74 Å². The average molecular weight is 379 g/mol. The number of halogens is 1. The van der Waals surface area contributed by atoms with Crippen molar-refractivity contribution in [1.29, 1.82) is 0 Å². The third kappa shape index (κ3) is 4.20. The summed E-state index contributed by atoms with van der Waals surface area (Å²) in [4.78, 5) is 6.20. The molecule has 0 amide bonds. The van der Waals surface area contributed by atoms with Crippen LogP contribution in [0.2, 0.25) is 0 Å². The van der Waals surface area contributed by atoms with E-state index in [9.17, 15) is 12.8 Å². The number of sulfonamides is 1. The van der Waals surface area contributed by atoms with Crippen LogP contribution in [0.15, 0.2) is 47.6 Å². The molecular weight excluding hydrogens is 357 g/mol. The van der Waals surface area contributed by atoms with E-state index in [-0.39, 0.29) is 10.6 Å². The average Bonchev–Trinajstić information content (AvgIpc) is 2.67. The summed E-state index contributed by atoms with van der Waals surface area (Å²) in [6.45, 7) is 2.97. The van der Waals surface area contributed by atoms with Gasteiger partial charge in [-0.3, -0.25) is 4.98 Å². The molecule has 0 unspecified atom stereocenters. The van der Waals surface area contributed by atoms with Crippen LogP contribution >= 0.6 is 0 Å². The van der Waals surface area contributed by atoms with Crippen LogP contribution in [-0.2, 0) is 16.4 Å². The number of hydrogen-bond acceptors (Lipinski definition) is 5. The van der Waals surface area contributed by atoms with Crippen LogP contribution in [0.5, 0.6) is 5.75 Å². The molecule has 1 aliphatic heterocycles. The first kappa shape index (κ1) is 18.8. The first-order valence-corrected chi connectivity index (χ1v) is 9.89. The topological polar surface area (TPSA) is 62.7 Å². The van der Waals surface area contributed by atoms with Crippen LogP contribution in [0.4, 0.5) is 4.39 Å². The van der Waals surface area contributed by atoms with Crippen LogP contribution in [0.3, 0.4) is 0 Å². The number of rotatable bonds is 6. The van der Waals surface area contributed by atoms with Gasteiger partial charge in [0.1, 0.15) is 0 Å². The van der Waals surface area contributed by atoms with Crippen LogP contribution in [0.1, 0.15) is 5.56 Å². The minimum Gasteiger partial charge on any atom is -0.494 e. The van der Waals surface area contributed by atoms with Crippen molar-refractivity contribution in [3.63, 3.8) is 0 Å². The zero-order chi connectivity index (χ0) is 18.6. The molecule has 2 heterocycles. The van der Waals surface area contributed by atoms with Crippen molar-refractivity contribution in [3.8, 4) is 5.75 Å². The van der Waals surface area contributed by atoms with E-state index in [1.807, 2.05) is 12.1 Å². The second-order valence-electron chi connectivity index (χ2n) is 6.15. The summed E-state index contributed by atoms with van der Waals surface area (Å²) in [5, 5.41) is 0. The van der Waals surface area contributed by atoms with Crippen molar-refractivity contribution in [2.75, 3.05) is 39.8 Å². The van der Waals surface area contributed by atoms with Crippen LogP contribution in [-0.4, -0.2) is 62.4 Å². The molecule has 0 N–H and O–H groups in total. The minimum atomic E-state index is -3.70. The largest absolute Gasteiger partial charge is 0.494 e. The molecule has 0 saturated carbocycles. The quantitative estimate of drug-likeness (QED) is 0.766. The van der Waals surface area contributed by atoms with Gasteiger partial charge < -0.3 is 9.64 Å². The summed E-state index contributed by atoms with van der Waals surface area (Å²) in [5.41, 5.74) is 1.21. The maximum Gasteiger partial charge on any atom is 0.243 e. The molecule has 3 rings (SSSR count). The molecule has 6 nitrogen and oxygen atoms in total. The van der Waals surface area contributed by atoms with E-state index in [1.165, 1.54) is 29.1 Å². The van der Waals surface area contributed by atoms with Gasteiger partial charge in [0, 0.05) is 45.1 Å². The van der Waals surface area contributed by atoms with Gasteiger partial charge in [0.05, 0.1) is 12.0 Å². The Balaban J connectivity index is 1.59. The molecule has 0 bridgehead atoms. The smallest absolute Gasteiger partial charge is 0.243 e. The van der Waals surface area contributed by atoms with E-state index in [2.05, 4.69) is 9.88 Å². The Bertz CT molecular complexity index is 838. The lowest BCUT2D eigenvalue weighted by Gasteiger charge is -2.34. The van der Waals surface area contributed by atoms with Gasteiger partial charge in [-0.1, -0.05) is 0 Å². The highest BCUT2D eigenvalue weighted by atomic mass is 32.2. The predicted molar refractivity (Wildman–Crippen MR) is 96.1 cm³/mol.